The quantitative estimate of drug-likeness (QED) is 0.470. The van der Waals surface area contributed by atoms with Crippen LogP contribution in [0.3, 0.4) is 0 Å². The molecule has 24 heavy (non-hydrogen) atoms. The lowest BCUT2D eigenvalue weighted by atomic mass is 10.0. The molecule has 5 heteroatoms. The van der Waals surface area contributed by atoms with E-state index in [1.807, 2.05) is 35.2 Å². The second-order valence-electron chi connectivity index (χ2n) is 7.37. The Kier molecular flexibility index (Phi) is 5.25. The maximum atomic E-state index is 10.7. The molecule has 0 saturated heterocycles. The van der Waals surface area contributed by atoms with Crippen molar-refractivity contribution >= 4 is 30.3 Å². The van der Waals surface area contributed by atoms with E-state index in [1.165, 1.54) is 6.04 Å². The average Bonchev–Trinajstić information content (AvgIpc) is 3.19. The normalized spacial score (nSPS) is 13.5. The summed E-state index contributed by atoms with van der Waals surface area (Å²) in [7, 11) is -1.05. The van der Waals surface area contributed by atoms with Gasteiger partial charge in [-0.25, -0.2) is 0 Å². The Labute approximate surface area is 148 Å². The van der Waals surface area contributed by atoms with Gasteiger partial charge in [-0.2, -0.15) is 11.3 Å². The Morgan fingerprint density at radius 2 is 2.04 bits per heavy atom. The van der Waals surface area contributed by atoms with Gasteiger partial charge in [0, 0.05) is 26.3 Å². The number of ether oxygens (including phenoxy) is 1. The largest absolute Gasteiger partial charge is 0.384 e. The topological polar surface area (TPSA) is 34.4 Å². The molecular weight excluding hydrogens is 334 g/mol. The van der Waals surface area contributed by atoms with Gasteiger partial charge in [0.15, 0.2) is 0 Å². The molecule has 0 aliphatic heterocycles. The molecule has 0 spiro atoms. The van der Waals surface area contributed by atoms with Crippen LogP contribution in [0.25, 0.3) is 10.9 Å². The summed E-state index contributed by atoms with van der Waals surface area (Å²) < 4.78 is 7.99. The first-order chi connectivity index (χ1) is 11.5. The zero-order valence-electron chi connectivity index (χ0n) is 14.5. The van der Waals surface area contributed by atoms with Gasteiger partial charge in [0.2, 0.25) is 0 Å². The van der Waals surface area contributed by atoms with Crippen molar-refractivity contribution in [2.75, 3.05) is 6.61 Å². The van der Waals surface area contributed by atoms with E-state index in [2.05, 4.69) is 36.3 Å². The number of thiophene rings is 1. The number of fused-ring (bicyclic) bond motifs is 1. The number of benzene rings is 1. The van der Waals surface area contributed by atoms with Crippen LogP contribution in [0.5, 0.6) is 0 Å². The van der Waals surface area contributed by atoms with E-state index in [-0.39, 0.29) is 0 Å². The SMILES string of the molecule is C[Si](C)(C)CCOCn1ccc2c([C@@H](O)c3ccsc3)cccc21. The van der Waals surface area contributed by atoms with Crippen LogP contribution in [0.4, 0.5) is 0 Å². The highest BCUT2D eigenvalue weighted by Crippen LogP contribution is 2.30. The number of nitrogens with zero attached hydrogens (tertiary/aromatic N) is 1. The molecule has 0 radical (unpaired) electrons. The third kappa shape index (κ3) is 3.98. The van der Waals surface area contributed by atoms with E-state index in [9.17, 15) is 5.11 Å². The standard InChI is InChI=1S/C19H25NO2SSi/c1-24(2,3)12-10-22-14-20-9-7-16-17(5-4-6-18(16)20)19(21)15-8-11-23-13-15/h4-9,11,13,19,21H,10,12,14H2,1-3H3/t19-/m0/s1. The van der Waals surface area contributed by atoms with Gasteiger partial charge in [0.05, 0.1) is 5.52 Å². The number of aliphatic hydroxyl groups excluding tert-OH is 1. The van der Waals surface area contributed by atoms with Crippen LogP contribution < -0.4 is 0 Å². The lowest BCUT2D eigenvalue weighted by molar-refractivity contribution is 0.0902. The van der Waals surface area contributed by atoms with Crippen molar-refractivity contribution in [2.45, 2.75) is 38.5 Å². The summed E-state index contributed by atoms with van der Waals surface area (Å²) in [5.74, 6) is 0. The van der Waals surface area contributed by atoms with Crippen molar-refractivity contribution in [3.05, 3.63) is 58.4 Å². The van der Waals surface area contributed by atoms with E-state index in [4.69, 9.17) is 4.74 Å². The lowest BCUT2D eigenvalue weighted by Crippen LogP contribution is -2.21. The average molecular weight is 360 g/mol. The van der Waals surface area contributed by atoms with Crippen LogP contribution in [-0.4, -0.2) is 24.4 Å². The Balaban J connectivity index is 1.77. The van der Waals surface area contributed by atoms with E-state index in [0.29, 0.717) is 6.73 Å². The van der Waals surface area contributed by atoms with Gasteiger partial charge in [-0.15, -0.1) is 0 Å². The molecule has 0 amide bonds. The highest BCUT2D eigenvalue weighted by molar-refractivity contribution is 7.08. The minimum atomic E-state index is -1.05. The molecule has 0 aliphatic rings. The van der Waals surface area contributed by atoms with Gasteiger partial charge in [-0.3, -0.25) is 0 Å². The van der Waals surface area contributed by atoms with E-state index in [0.717, 1.165) is 28.6 Å². The summed E-state index contributed by atoms with van der Waals surface area (Å²) in [5, 5.41) is 15.7. The molecule has 1 atom stereocenters. The maximum absolute atomic E-state index is 10.7. The highest BCUT2D eigenvalue weighted by Gasteiger charge is 2.16. The van der Waals surface area contributed by atoms with Gasteiger partial charge in [-0.1, -0.05) is 31.8 Å². The second-order valence-corrected chi connectivity index (χ2v) is 13.8. The van der Waals surface area contributed by atoms with Crippen molar-refractivity contribution in [3.8, 4) is 0 Å². The molecule has 1 aromatic carbocycles. The van der Waals surface area contributed by atoms with Gasteiger partial charge in [-0.05, 0) is 46.1 Å². The molecule has 3 aromatic rings. The molecule has 0 fully saturated rings. The fourth-order valence-corrected chi connectivity index (χ4v) is 4.19. The Morgan fingerprint density at radius 3 is 2.75 bits per heavy atom. The second kappa shape index (κ2) is 7.23. The fourth-order valence-electron chi connectivity index (χ4n) is 2.75. The van der Waals surface area contributed by atoms with E-state index >= 15 is 0 Å². The molecule has 2 aromatic heterocycles. The number of hydrogen-bond acceptors (Lipinski definition) is 3. The molecule has 0 saturated carbocycles. The lowest BCUT2D eigenvalue weighted by Gasteiger charge is -2.16. The molecule has 0 unspecified atom stereocenters. The first kappa shape index (κ1) is 17.4. The van der Waals surface area contributed by atoms with Crippen molar-refractivity contribution in [1.29, 1.82) is 0 Å². The third-order valence-corrected chi connectivity index (χ3v) is 6.63. The van der Waals surface area contributed by atoms with Crippen molar-refractivity contribution in [1.82, 2.24) is 4.57 Å². The predicted octanol–water partition coefficient (Wildman–Crippen LogP) is 5.10. The van der Waals surface area contributed by atoms with Gasteiger partial charge in [0.1, 0.15) is 12.8 Å². The molecule has 0 aliphatic carbocycles. The van der Waals surface area contributed by atoms with Gasteiger partial charge >= 0.3 is 0 Å². The van der Waals surface area contributed by atoms with Crippen LogP contribution in [-0.2, 0) is 11.5 Å². The molecule has 1 N–H and O–H groups in total. The summed E-state index contributed by atoms with van der Waals surface area (Å²) in [6.45, 7) is 8.46. The summed E-state index contributed by atoms with van der Waals surface area (Å²) in [6, 6.07) is 11.3. The number of rotatable bonds is 7. The molecule has 3 nitrogen and oxygen atoms in total. The van der Waals surface area contributed by atoms with E-state index in [1.54, 1.807) is 11.3 Å². The Hall–Kier alpha value is -1.40. The van der Waals surface area contributed by atoms with Crippen molar-refractivity contribution in [3.63, 3.8) is 0 Å². The summed E-state index contributed by atoms with van der Waals surface area (Å²) >= 11 is 1.61. The number of hydrogen-bond donors (Lipinski definition) is 1. The molecule has 3 rings (SSSR count). The van der Waals surface area contributed by atoms with Crippen molar-refractivity contribution < 1.29 is 9.84 Å². The van der Waals surface area contributed by atoms with Gasteiger partial charge in [0.25, 0.3) is 0 Å². The third-order valence-electron chi connectivity index (χ3n) is 4.23. The van der Waals surface area contributed by atoms with E-state index < -0.39 is 14.2 Å². The summed E-state index contributed by atoms with van der Waals surface area (Å²) in [6.07, 6.45) is 1.46. The monoisotopic (exact) mass is 359 g/mol. The Bertz CT molecular complexity index is 789. The molecule has 2 heterocycles. The van der Waals surface area contributed by atoms with Crippen LogP contribution >= 0.6 is 11.3 Å². The molecule has 0 bridgehead atoms. The van der Waals surface area contributed by atoms with Crippen LogP contribution in [0.2, 0.25) is 25.7 Å². The smallest absolute Gasteiger partial charge is 0.122 e. The van der Waals surface area contributed by atoms with Crippen LogP contribution in [0, 0.1) is 0 Å². The predicted molar refractivity (Wildman–Crippen MR) is 104 cm³/mol. The van der Waals surface area contributed by atoms with Crippen LogP contribution in [0.15, 0.2) is 47.3 Å². The molecule has 128 valence electrons. The minimum absolute atomic E-state index is 0.561. The first-order valence-corrected chi connectivity index (χ1v) is 13.0. The zero-order valence-corrected chi connectivity index (χ0v) is 16.3. The zero-order chi connectivity index (χ0) is 17.2. The Morgan fingerprint density at radius 1 is 1.21 bits per heavy atom. The van der Waals surface area contributed by atoms with Crippen molar-refractivity contribution in [2.24, 2.45) is 0 Å². The van der Waals surface area contributed by atoms with Gasteiger partial charge < -0.3 is 14.4 Å². The number of aliphatic hydroxyl groups is 1. The minimum Gasteiger partial charge on any atom is -0.384 e. The summed E-state index contributed by atoms with van der Waals surface area (Å²) in [5.41, 5.74) is 3.01. The summed E-state index contributed by atoms with van der Waals surface area (Å²) in [4.78, 5) is 0. The first-order valence-electron chi connectivity index (χ1n) is 8.31. The maximum Gasteiger partial charge on any atom is 0.122 e. The molecular formula is C19H25NO2SSi. The van der Waals surface area contributed by atoms with Crippen LogP contribution in [0.1, 0.15) is 17.2 Å². The fraction of sp³-hybridized carbons (Fsp3) is 0.368. The highest BCUT2D eigenvalue weighted by atomic mass is 32.1. The number of aromatic nitrogens is 1.